The molecule has 0 saturated carbocycles. The second-order valence-corrected chi connectivity index (χ2v) is 8.91. The van der Waals surface area contributed by atoms with Crippen LogP contribution in [0.4, 0.5) is 0 Å². The first-order valence-corrected chi connectivity index (χ1v) is 10.7. The number of fused-ring (bicyclic) bond motifs is 3. The molecule has 0 aromatic carbocycles. The van der Waals surface area contributed by atoms with E-state index in [1.807, 2.05) is 7.05 Å². The summed E-state index contributed by atoms with van der Waals surface area (Å²) in [6.07, 6.45) is 5.21. The average molecular weight is 380 g/mol. The van der Waals surface area contributed by atoms with Gasteiger partial charge in [0.2, 0.25) is 5.91 Å². The van der Waals surface area contributed by atoms with E-state index >= 15 is 0 Å². The van der Waals surface area contributed by atoms with Crippen LogP contribution < -0.4 is 5.56 Å². The van der Waals surface area contributed by atoms with Crippen molar-refractivity contribution in [2.45, 2.75) is 51.1 Å². The molecule has 2 aromatic rings. The Bertz CT molecular complexity index is 828. The van der Waals surface area contributed by atoms with Gasteiger partial charge in [-0.15, -0.1) is 11.3 Å². The Kier molecular flexibility index (Phi) is 5.84. The van der Waals surface area contributed by atoms with Gasteiger partial charge in [0.05, 0.1) is 11.1 Å². The minimum atomic E-state index is -0.0636. The van der Waals surface area contributed by atoms with Crippen LogP contribution in [0, 0.1) is 5.92 Å². The molecule has 1 N–H and O–H groups in total. The first-order valence-electron chi connectivity index (χ1n) is 8.91. The third-order valence-electron chi connectivity index (χ3n) is 4.75. The van der Waals surface area contributed by atoms with E-state index in [9.17, 15) is 9.59 Å². The van der Waals surface area contributed by atoms with Crippen molar-refractivity contribution in [3.8, 4) is 0 Å². The SMILES string of the molecule is CCCCN(C)C(=O)CSc1nc2sc3c(c2c(=O)[nH]1)CC[C@H](C)C3. The molecule has 0 bridgehead atoms. The molecule has 5 nitrogen and oxygen atoms in total. The number of carbonyl (C=O) groups excluding carboxylic acids is 1. The van der Waals surface area contributed by atoms with Gasteiger partial charge < -0.3 is 9.88 Å². The topological polar surface area (TPSA) is 66.1 Å². The third kappa shape index (κ3) is 4.08. The fraction of sp³-hybridized carbons (Fsp3) is 0.611. The van der Waals surface area contributed by atoms with Gasteiger partial charge in [0.25, 0.3) is 5.56 Å². The predicted octanol–water partition coefficient (Wildman–Crippen LogP) is 3.46. The number of amides is 1. The number of hydrogen-bond acceptors (Lipinski definition) is 5. The number of H-pyrrole nitrogens is 1. The summed E-state index contributed by atoms with van der Waals surface area (Å²) in [7, 11) is 1.83. The Morgan fingerprint density at radius 2 is 2.28 bits per heavy atom. The van der Waals surface area contributed by atoms with E-state index in [1.165, 1.54) is 22.2 Å². The maximum absolute atomic E-state index is 12.5. The van der Waals surface area contributed by atoms with Crippen LogP contribution in [0.15, 0.2) is 9.95 Å². The molecule has 1 aliphatic carbocycles. The summed E-state index contributed by atoms with van der Waals surface area (Å²) in [4.78, 5) is 36.0. The summed E-state index contributed by atoms with van der Waals surface area (Å²) in [5.41, 5.74) is 1.13. The van der Waals surface area contributed by atoms with Gasteiger partial charge in [-0.25, -0.2) is 4.98 Å². The van der Waals surface area contributed by atoms with Gasteiger partial charge in [-0.3, -0.25) is 9.59 Å². The van der Waals surface area contributed by atoms with Crippen LogP contribution in [0.3, 0.4) is 0 Å². The lowest BCUT2D eigenvalue weighted by Crippen LogP contribution is -2.29. The summed E-state index contributed by atoms with van der Waals surface area (Å²) in [5.74, 6) is 1.04. The number of thiophene rings is 1. The Labute approximate surface area is 156 Å². The van der Waals surface area contributed by atoms with Crippen molar-refractivity contribution in [2.75, 3.05) is 19.3 Å². The average Bonchev–Trinajstić information content (AvgIpc) is 2.95. The second-order valence-electron chi connectivity index (χ2n) is 6.86. The largest absolute Gasteiger partial charge is 0.345 e. The zero-order valence-electron chi connectivity index (χ0n) is 15.1. The standard InChI is InChI=1S/C18H25N3O2S2/c1-4-5-8-21(3)14(22)10-24-18-19-16(23)15-12-7-6-11(2)9-13(12)25-17(15)20-18/h11H,4-10H2,1-3H3,(H,19,20,23)/t11-/m0/s1. The zero-order chi connectivity index (χ0) is 18.0. The Balaban J connectivity index is 1.75. The molecular weight excluding hydrogens is 354 g/mol. The molecule has 3 rings (SSSR count). The van der Waals surface area contributed by atoms with Gasteiger partial charge in [0, 0.05) is 18.5 Å². The van der Waals surface area contributed by atoms with Crippen molar-refractivity contribution in [3.63, 3.8) is 0 Å². The van der Waals surface area contributed by atoms with Crippen molar-refractivity contribution in [2.24, 2.45) is 5.92 Å². The lowest BCUT2D eigenvalue weighted by atomic mass is 9.89. The molecule has 7 heteroatoms. The first-order chi connectivity index (χ1) is 12.0. The second kappa shape index (κ2) is 7.91. The quantitative estimate of drug-likeness (QED) is 0.617. The number of aromatic nitrogens is 2. The molecule has 1 amide bonds. The molecule has 25 heavy (non-hydrogen) atoms. The number of aryl methyl sites for hydroxylation is 1. The molecule has 136 valence electrons. The molecule has 0 fully saturated rings. The molecule has 0 unspecified atom stereocenters. The molecular formula is C18H25N3O2S2. The van der Waals surface area contributed by atoms with Crippen LogP contribution >= 0.6 is 23.1 Å². The molecule has 0 radical (unpaired) electrons. The van der Waals surface area contributed by atoms with Crippen LogP contribution in [-0.4, -0.2) is 40.1 Å². The molecule has 0 spiro atoms. The highest BCUT2D eigenvalue weighted by molar-refractivity contribution is 7.99. The third-order valence-corrected chi connectivity index (χ3v) is 6.76. The summed E-state index contributed by atoms with van der Waals surface area (Å²) >= 11 is 2.96. The van der Waals surface area contributed by atoms with Crippen molar-refractivity contribution < 1.29 is 4.79 Å². The molecule has 2 heterocycles. The van der Waals surface area contributed by atoms with Gasteiger partial charge in [-0.1, -0.05) is 32.0 Å². The van der Waals surface area contributed by atoms with Crippen molar-refractivity contribution in [3.05, 3.63) is 20.8 Å². The van der Waals surface area contributed by atoms with Crippen LogP contribution in [0.1, 0.15) is 43.6 Å². The fourth-order valence-electron chi connectivity index (χ4n) is 3.16. The van der Waals surface area contributed by atoms with E-state index in [2.05, 4.69) is 23.8 Å². The zero-order valence-corrected chi connectivity index (χ0v) is 16.7. The molecule has 1 atom stereocenters. The van der Waals surface area contributed by atoms with Crippen molar-refractivity contribution in [1.29, 1.82) is 0 Å². The fourth-order valence-corrected chi connectivity index (χ4v) is 5.40. The van der Waals surface area contributed by atoms with E-state index in [4.69, 9.17) is 0 Å². The van der Waals surface area contributed by atoms with Crippen LogP contribution in [-0.2, 0) is 17.6 Å². The maximum Gasteiger partial charge on any atom is 0.260 e. The van der Waals surface area contributed by atoms with E-state index in [0.717, 1.165) is 48.9 Å². The van der Waals surface area contributed by atoms with Crippen LogP contribution in [0.25, 0.3) is 10.2 Å². The highest BCUT2D eigenvalue weighted by atomic mass is 32.2. The normalized spacial score (nSPS) is 16.8. The molecule has 0 aliphatic heterocycles. The van der Waals surface area contributed by atoms with E-state index in [-0.39, 0.29) is 11.5 Å². The Morgan fingerprint density at radius 3 is 3.04 bits per heavy atom. The lowest BCUT2D eigenvalue weighted by Gasteiger charge is -2.17. The number of carbonyl (C=O) groups is 1. The smallest absolute Gasteiger partial charge is 0.260 e. The highest BCUT2D eigenvalue weighted by Crippen LogP contribution is 2.36. The number of aromatic amines is 1. The minimum absolute atomic E-state index is 0.0636. The number of rotatable bonds is 6. The summed E-state index contributed by atoms with van der Waals surface area (Å²) in [6, 6.07) is 0. The summed E-state index contributed by atoms with van der Waals surface area (Å²) in [6.45, 7) is 5.14. The molecule has 1 aliphatic rings. The highest BCUT2D eigenvalue weighted by Gasteiger charge is 2.23. The molecule has 2 aromatic heterocycles. The molecule has 0 saturated heterocycles. The van der Waals surface area contributed by atoms with Crippen molar-refractivity contribution >= 4 is 39.2 Å². The number of thioether (sulfide) groups is 1. The predicted molar refractivity (Wildman–Crippen MR) is 105 cm³/mol. The van der Waals surface area contributed by atoms with E-state index in [1.54, 1.807) is 16.2 Å². The summed E-state index contributed by atoms with van der Waals surface area (Å²) < 4.78 is 0. The van der Waals surface area contributed by atoms with Gasteiger partial charge in [0.1, 0.15) is 4.83 Å². The van der Waals surface area contributed by atoms with Crippen LogP contribution in [0.5, 0.6) is 0 Å². The maximum atomic E-state index is 12.5. The van der Waals surface area contributed by atoms with Crippen LogP contribution in [0.2, 0.25) is 0 Å². The van der Waals surface area contributed by atoms with Crippen molar-refractivity contribution in [1.82, 2.24) is 14.9 Å². The van der Waals surface area contributed by atoms with E-state index < -0.39 is 0 Å². The first kappa shape index (κ1) is 18.5. The minimum Gasteiger partial charge on any atom is -0.345 e. The van der Waals surface area contributed by atoms with E-state index in [0.29, 0.717) is 16.8 Å². The van der Waals surface area contributed by atoms with Gasteiger partial charge in [-0.2, -0.15) is 0 Å². The lowest BCUT2D eigenvalue weighted by molar-refractivity contribution is -0.127. The number of nitrogens with zero attached hydrogens (tertiary/aromatic N) is 2. The monoisotopic (exact) mass is 379 g/mol. The summed E-state index contributed by atoms with van der Waals surface area (Å²) in [5, 5.41) is 1.31. The van der Waals surface area contributed by atoms with Gasteiger partial charge >= 0.3 is 0 Å². The van der Waals surface area contributed by atoms with Gasteiger partial charge in [-0.05, 0) is 37.2 Å². The van der Waals surface area contributed by atoms with Gasteiger partial charge in [0.15, 0.2) is 5.16 Å². The Hall–Kier alpha value is -1.34. The Morgan fingerprint density at radius 1 is 1.48 bits per heavy atom. The number of nitrogens with one attached hydrogen (secondary N) is 1. The number of unbranched alkanes of at least 4 members (excludes halogenated alkanes) is 1. The number of hydrogen-bond donors (Lipinski definition) is 1.